The van der Waals surface area contributed by atoms with Gasteiger partial charge in [-0.2, -0.15) is 0 Å². The number of ether oxygens (including phenoxy) is 1. The van der Waals surface area contributed by atoms with E-state index < -0.39 is 0 Å². The predicted octanol–water partition coefficient (Wildman–Crippen LogP) is 2.85. The van der Waals surface area contributed by atoms with Crippen molar-refractivity contribution in [3.05, 3.63) is 59.7 Å². The zero-order chi connectivity index (χ0) is 17.4. The van der Waals surface area contributed by atoms with Crippen LogP contribution in [0.2, 0.25) is 0 Å². The number of hydrogen-bond donors (Lipinski definition) is 0. The van der Waals surface area contributed by atoms with E-state index in [1.54, 1.807) is 16.9 Å². The number of carbonyl (C=O) groups is 2. The molecule has 128 valence electrons. The molecule has 0 spiro atoms. The highest BCUT2D eigenvalue weighted by Gasteiger charge is 2.41. The van der Waals surface area contributed by atoms with E-state index in [0.29, 0.717) is 24.3 Å². The average molecular weight is 336 g/mol. The third-order valence-electron chi connectivity index (χ3n) is 4.96. The van der Waals surface area contributed by atoms with Crippen molar-refractivity contribution in [2.24, 2.45) is 0 Å². The Hall–Kier alpha value is -2.82. The van der Waals surface area contributed by atoms with Gasteiger partial charge in [0.2, 0.25) is 5.91 Å². The van der Waals surface area contributed by atoms with Crippen LogP contribution in [0.1, 0.15) is 28.8 Å². The Kier molecular flexibility index (Phi) is 3.92. The van der Waals surface area contributed by atoms with Crippen LogP contribution in [0.15, 0.2) is 48.5 Å². The maximum atomic E-state index is 13.2. The molecule has 0 bridgehead atoms. The number of fused-ring (bicyclic) bond motifs is 2. The van der Waals surface area contributed by atoms with Crippen LogP contribution in [-0.2, 0) is 11.3 Å². The molecule has 2 aliphatic rings. The lowest BCUT2D eigenvalue weighted by molar-refractivity contribution is -0.122. The summed E-state index contributed by atoms with van der Waals surface area (Å²) in [6, 6.07) is 14.7. The lowest BCUT2D eigenvalue weighted by Gasteiger charge is -2.26. The third kappa shape index (κ3) is 2.65. The van der Waals surface area contributed by atoms with Gasteiger partial charge in [-0.15, -0.1) is 0 Å². The van der Waals surface area contributed by atoms with Crippen LogP contribution < -0.4 is 9.64 Å². The zero-order valence-electron chi connectivity index (χ0n) is 14.1. The van der Waals surface area contributed by atoms with E-state index in [1.165, 1.54) is 0 Å². The first-order valence-electron chi connectivity index (χ1n) is 8.53. The van der Waals surface area contributed by atoms with Crippen molar-refractivity contribution in [1.29, 1.82) is 0 Å². The first-order chi connectivity index (χ1) is 12.2. The van der Waals surface area contributed by atoms with Crippen LogP contribution in [0.4, 0.5) is 5.69 Å². The highest BCUT2D eigenvalue weighted by atomic mass is 16.5. The quantitative estimate of drug-likeness (QED) is 0.866. The Labute approximate surface area is 146 Å². The van der Waals surface area contributed by atoms with Gasteiger partial charge >= 0.3 is 0 Å². The van der Waals surface area contributed by atoms with E-state index in [4.69, 9.17) is 4.74 Å². The fraction of sp³-hybridized carbons (Fsp3) is 0.300. The Morgan fingerprint density at radius 3 is 2.80 bits per heavy atom. The number of rotatable bonds is 3. The highest BCUT2D eigenvalue weighted by molar-refractivity contribution is 6.11. The van der Waals surface area contributed by atoms with Gasteiger partial charge in [0.25, 0.3) is 5.91 Å². The predicted molar refractivity (Wildman–Crippen MR) is 94.7 cm³/mol. The Morgan fingerprint density at radius 1 is 1.12 bits per heavy atom. The van der Waals surface area contributed by atoms with Gasteiger partial charge in [-0.25, -0.2) is 0 Å². The third-order valence-corrected chi connectivity index (χ3v) is 4.96. The first kappa shape index (κ1) is 15.7. The molecule has 0 N–H and O–H groups in total. The average Bonchev–Trinajstić information content (AvgIpc) is 3.12. The summed E-state index contributed by atoms with van der Waals surface area (Å²) in [5.41, 5.74) is 2.26. The molecule has 0 aliphatic carbocycles. The van der Waals surface area contributed by atoms with Crippen molar-refractivity contribution < 1.29 is 14.3 Å². The number of benzene rings is 2. The first-order valence-corrected chi connectivity index (χ1v) is 8.53. The molecule has 0 aromatic heterocycles. The monoisotopic (exact) mass is 336 g/mol. The van der Waals surface area contributed by atoms with Crippen LogP contribution in [0.25, 0.3) is 0 Å². The summed E-state index contributed by atoms with van der Waals surface area (Å²) in [7, 11) is 1.63. The molecule has 2 heterocycles. The normalized spacial score (nSPS) is 19.5. The fourth-order valence-electron chi connectivity index (χ4n) is 3.73. The Balaban J connectivity index is 1.77. The zero-order valence-corrected chi connectivity index (χ0v) is 14.1. The number of hydrogen-bond acceptors (Lipinski definition) is 3. The molecule has 0 unspecified atom stereocenters. The van der Waals surface area contributed by atoms with Gasteiger partial charge in [0.05, 0.1) is 24.9 Å². The summed E-state index contributed by atoms with van der Waals surface area (Å²) < 4.78 is 5.29. The molecule has 1 fully saturated rings. The van der Waals surface area contributed by atoms with E-state index in [9.17, 15) is 9.59 Å². The number of carbonyl (C=O) groups excluding carboxylic acids is 2. The van der Waals surface area contributed by atoms with E-state index in [1.807, 2.05) is 48.5 Å². The standard InChI is InChI=1S/C20H20N2O3/c1-25-15-7-4-6-14(12-15)13-22-17-9-3-2-8-16(17)19(23)21-11-5-10-18(21)20(22)24/h2-4,6-9,12,18H,5,10-11,13H2,1H3/t18-/m0/s1. The summed E-state index contributed by atoms with van der Waals surface area (Å²) >= 11 is 0. The Morgan fingerprint density at radius 2 is 1.96 bits per heavy atom. The molecule has 25 heavy (non-hydrogen) atoms. The van der Waals surface area contributed by atoms with Crippen molar-refractivity contribution in [3.8, 4) is 5.75 Å². The Bertz CT molecular complexity index is 833. The summed E-state index contributed by atoms with van der Waals surface area (Å²) in [6.45, 7) is 1.07. The second-order valence-corrected chi connectivity index (χ2v) is 6.45. The number of nitrogens with zero attached hydrogens (tertiary/aromatic N) is 2. The summed E-state index contributed by atoms with van der Waals surface area (Å²) in [5, 5.41) is 0. The van der Waals surface area contributed by atoms with Gasteiger partial charge in [0.15, 0.2) is 0 Å². The minimum absolute atomic E-state index is 0.00128. The number of anilines is 1. The van der Waals surface area contributed by atoms with Crippen molar-refractivity contribution in [1.82, 2.24) is 4.90 Å². The molecule has 1 saturated heterocycles. The van der Waals surface area contributed by atoms with Gasteiger partial charge < -0.3 is 14.5 Å². The minimum atomic E-state index is -0.356. The van der Waals surface area contributed by atoms with Crippen molar-refractivity contribution >= 4 is 17.5 Å². The van der Waals surface area contributed by atoms with E-state index in [2.05, 4.69) is 0 Å². The van der Waals surface area contributed by atoms with Crippen molar-refractivity contribution in [3.63, 3.8) is 0 Å². The lowest BCUT2D eigenvalue weighted by atomic mass is 10.1. The number of methoxy groups -OCH3 is 1. The second-order valence-electron chi connectivity index (χ2n) is 6.45. The maximum absolute atomic E-state index is 13.2. The van der Waals surface area contributed by atoms with Gasteiger partial charge in [-0.3, -0.25) is 9.59 Å². The van der Waals surface area contributed by atoms with E-state index in [-0.39, 0.29) is 17.9 Å². The topological polar surface area (TPSA) is 49.9 Å². The van der Waals surface area contributed by atoms with E-state index in [0.717, 1.165) is 24.2 Å². The SMILES string of the molecule is COc1cccc(CN2C(=O)[C@@H]3CCCN3C(=O)c3ccccc32)c1. The number of para-hydroxylation sites is 1. The number of amides is 2. The van der Waals surface area contributed by atoms with Gasteiger partial charge in [-0.05, 0) is 42.7 Å². The van der Waals surface area contributed by atoms with Gasteiger partial charge in [0, 0.05) is 6.54 Å². The van der Waals surface area contributed by atoms with Crippen LogP contribution in [-0.4, -0.2) is 36.4 Å². The molecule has 1 atom stereocenters. The molecule has 2 aromatic carbocycles. The van der Waals surface area contributed by atoms with Crippen LogP contribution >= 0.6 is 0 Å². The largest absolute Gasteiger partial charge is 0.497 e. The minimum Gasteiger partial charge on any atom is -0.497 e. The highest BCUT2D eigenvalue weighted by Crippen LogP contribution is 2.33. The second kappa shape index (κ2) is 6.24. The molecule has 0 radical (unpaired) electrons. The maximum Gasteiger partial charge on any atom is 0.256 e. The van der Waals surface area contributed by atoms with Crippen LogP contribution in [0, 0.1) is 0 Å². The lowest BCUT2D eigenvalue weighted by Crippen LogP contribution is -2.44. The molecular weight excluding hydrogens is 316 g/mol. The fourth-order valence-corrected chi connectivity index (χ4v) is 3.73. The molecule has 2 aromatic rings. The summed E-state index contributed by atoms with van der Waals surface area (Å²) in [5.74, 6) is 0.713. The van der Waals surface area contributed by atoms with Gasteiger partial charge in [-0.1, -0.05) is 24.3 Å². The summed E-state index contributed by atoms with van der Waals surface area (Å²) in [4.78, 5) is 29.6. The van der Waals surface area contributed by atoms with Gasteiger partial charge in [0.1, 0.15) is 11.8 Å². The summed E-state index contributed by atoms with van der Waals surface area (Å²) in [6.07, 6.45) is 1.60. The molecule has 2 amide bonds. The molecule has 2 aliphatic heterocycles. The molecular formula is C20H20N2O3. The molecule has 5 nitrogen and oxygen atoms in total. The smallest absolute Gasteiger partial charge is 0.256 e. The van der Waals surface area contributed by atoms with Crippen LogP contribution in [0.3, 0.4) is 0 Å². The van der Waals surface area contributed by atoms with Crippen molar-refractivity contribution in [2.45, 2.75) is 25.4 Å². The molecule has 4 rings (SSSR count). The molecule has 5 heteroatoms. The molecule has 0 saturated carbocycles. The van der Waals surface area contributed by atoms with Crippen molar-refractivity contribution in [2.75, 3.05) is 18.6 Å². The van der Waals surface area contributed by atoms with Crippen LogP contribution in [0.5, 0.6) is 5.75 Å². The van der Waals surface area contributed by atoms with E-state index >= 15 is 0 Å².